The average Bonchev–Trinajstić information content (AvgIpc) is 2.65. The minimum atomic E-state index is -0.716. The number of carbonyl (C=O) groups is 2. The van der Waals surface area contributed by atoms with Crippen molar-refractivity contribution in [3.05, 3.63) is 29.0 Å². The minimum absolute atomic E-state index is 0.195. The van der Waals surface area contributed by atoms with Gasteiger partial charge in [-0.05, 0) is 37.5 Å². The number of hydrogen-bond acceptors (Lipinski definition) is 6. The Bertz CT molecular complexity index is 747. The number of carbonyl (C=O) groups excluding carboxylic acids is 2. The number of allylic oxidation sites excluding steroid dienone is 1. The van der Waals surface area contributed by atoms with Gasteiger partial charge in [0.15, 0.2) is 11.5 Å². The standard InChI is InChI=1S/C20H28N2O6/c1-7-27-18-14(25-5)8-13(9-15(18)26-6)17-16(12(4)21-20(24)22-17)19(23)28-10-11(2)3/h8-9,11,17H,7,10H2,1-6H3,(H2,21,22,24). The third kappa shape index (κ3) is 4.68. The Kier molecular flexibility index (Phi) is 7.14. The lowest BCUT2D eigenvalue weighted by molar-refractivity contribution is -0.140. The monoisotopic (exact) mass is 392 g/mol. The molecule has 0 fully saturated rings. The van der Waals surface area contributed by atoms with E-state index in [2.05, 4.69) is 10.6 Å². The summed E-state index contributed by atoms with van der Waals surface area (Å²) in [5.41, 5.74) is 1.38. The van der Waals surface area contributed by atoms with Gasteiger partial charge in [-0.2, -0.15) is 0 Å². The summed E-state index contributed by atoms with van der Waals surface area (Å²) < 4.78 is 21.9. The second-order valence-electron chi connectivity index (χ2n) is 6.75. The zero-order valence-electron chi connectivity index (χ0n) is 17.2. The first kappa shape index (κ1) is 21.4. The Morgan fingerprint density at radius 3 is 2.29 bits per heavy atom. The number of hydrogen-bond donors (Lipinski definition) is 2. The van der Waals surface area contributed by atoms with Gasteiger partial charge in [0.05, 0.1) is 39.0 Å². The summed E-state index contributed by atoms with van der Waals surface area (Å²) in [6.45, 7) is 8.15. The Hall–Kier alpha value is -2.90. The Morgan fingerprint density at radius 2 is 1.79 bits per heavy atom. The predicted octanol–water partition coefficient (Wildman–Crippen LogP) is 2.93. The number of benzene rings is 1. The molecule has 8 nitrogen and oxygen atoms in total. The Balaban J connectivity index is 2.51. The molecule has 8 heteroatoms. The van der Waals surface area contributed by atoms with E-state index >= 15 is 0 Å². The van der Waals surface area contributed by atoms with Crippen LogP contribution in [0.5, 0.6) is 17.2 Å². The molecular weight excluding hydrogens is 364 g/mol. The third-order valence-electron chi connectivity index (χ3n) is 4.14. The molecule has 1 atom stereocenters. The van der Waals surface area contributed by atoms with Crippen LogP contribution in [0, 0.1) is 5.92 Å². The molecule has 28 heavy (non-hydrogen) atoms. The van der Waals surface area contributed by atoms with E-state index in [1.807, 2.05) is 20.8 Å². The second kappa shape index (κ2) is 9.34. The van der Waals surface area contributed by atoms with Crippen LogP contribution < -0.4 is 24.8 Å². The molecule has 1 aliphatic rings. The van der Waals surface area contributed by atoms with Crippen LogP contribution in [0.15, 0.2) is 23.4 Å². The van der Waals surface area contributed by atoms with E-state index in [1.165, 1.54) is 14.2 Å². The fraction of sp³-hybridized carbons (Fsp3) is 0.500. The number of nitrogens with one attached hydrogen (secondary N) is 2. The van der Waals surface area contributed by atoms with Gasteiger partial charge >= 0.3 is 12.0 Å². The largest absolute Gasteiger partial charge is 0.493 e. The average molecular weight is 392 g/mol. The highest BCUT2D eigenvalue weighted by atomic mass is 16.5. The van der Waals surface area contributed by atoms with Crippen LogP contribution in [-0.2, 0) is 9.53 Å². The van der Waals surface area contributed by atoms with Crippen LogP contribution >= 0.6 is 0 Å². The highest BCUT2D eigenvalue weighted by Crippen LogP contribution is 2.41. The molecule has 2 rings (SSSR count). The summed E-state index contributed by atoms with van der Waals surface area (Å²) >= 11 is 0. The maximum absolute atomic E-state index is 12.7. The zero-order valence-corrected chi connectivity index (χ0v) is 17.2. The van der Waals surface area contributed by atoms with E-state index in [1.54, 1.807) is 19.1 Å². The van der Waals surface area contributed by atoms with Crippen molar-refractivity contribution >= 4 is 12.0 Å². The summed E-state index contributed by atoms with van der Waals surface area (Å²) in [4.78, 5) is 24.8. The van der Waals surface area contributed by atoms with E-state index < -0.39 is 18.0 Å². The first-order valence-electron chi connectivity index (χ1n) is 9.16. The highest BCUT2D eigenvalue weighted by molar-refractivity contribution is 5.95. The summed E-state index contributed by atoms with van der Waals surface area (Å²) in [6, 6.07) is 2.31. The van der Waals surface area contributed by atoms with E-state index in [4.69, 9.17) is 18.9 Å². The minimum Gasteiger partial charge on any atom is -0.493 e. The fourth-order valence-corrected chi connectivity index (χ4v) is 2.89. The van der Waals surface area contributed by atoms with Crippen LogP contribution in [0.2, 0.25) is 0 Å². The summed E-state index contributed by atoms with van der Waals surface area (Å²) in [6.07, 6.45) is 0. The van der Waals surface area contributed by atoms with Gasteiger partial charge in [0.2, 0.25) is 5.75 Å². The number of ether oxygens (including phenoxy) is 4. The lowest BCUT2D eigenvalue weighted by Crippen LogP contribution is -2.45. The van der Waals surface area contributed by atoms with Gasteiger partial charge in [-0.25, -0.2) is 9.59 Å². The number of methoxy groups -OCH3 is 2. The SMILES string of the molecule is CCOc1c(OC)cc(C2NC(=O)NC(C)=C2C(=O)OCC(C)C)cc1OC. The van der Waals surface area contributed by atoms with Crippen molar-refractivity contribution in [3.63, 3.8) is 0 Å². The molecule has 0 spiro atoms. The Labute approximate surface area is 165 Å². The van der Waals surface area contributed by atoms with Crippen molar-refractivity contribution in [3.8, 4) is 17.2 Å². The van der Waals surface area contributed by atoms with Gasteiger partial charge in [-0.1, -0.05) is 13.8 Å². The van der Waals surface area contributed by atoms with Gasteiger partial charge < -0.3 is 29.6 Å². The van der Waals surface area contributed by atoms with Crippen LogP contribution in [-0.4, -0.2) is 39.4 Å². The van der Waals surface area contributed by atoms with Gasteiger partial charge in [0, 0.05) is 5.70 Å². The first-order valence-corrected chi connectivity index (χ1v) is 9.16. The van der Waals surface area contributed by atoms with E-state index in [-0.39, 0.29) is 12.5 Å². The number of urea groups is 1. The lowest BCUT2D eigenvalue weighted by atomic mass is 9.95. The quantitative estimate of drug-likeness (QED) is 0.661. The molecule has 1 aromatic carbocycles. The molecule has 0 aromatic heterocycles. The van der Waals surface area contributed by atoms with Crippen molar-refractivity contribution in [2.75, 3.05) is 27.4 Å². The van der Waals surface area contributed by atoms with E-state index in [0.717, 1.165) is 0 Å². The van der Waals surface area contributed by atoms with Crippen LogP contribution in [0.3, 0.4) is 0 Å². The third-order valence-corrected chi connectivity index (χ3v) is 4.14. The number of rotatable bonds is 8. The summed E-state index contributed by atoms with van der Waals surface area (Å²) in [5, 5.41) is 5.40. The molecule has 0 saturated heterocycles. The molecule has 154 valence electrons. The molecule has 0 saturated carbocycles. The van der Waals surface area contributed by atoms with Gasteiger partial charge in [-0.15, -0.1) is 0 Å². The zero-order chi connectivity index (χ0) is 20.8. The highest BCUT2D eigenvalue weighted by Gasteiger charge is 2.33. The molecule has 1 heterocycles. The first-order chi connectivity index (χ1) is 13.3. The molecular formula is C20H28N2O6. The second-order valence-corrected chi connectivity index (χ2v) is 6.75. The maximum atomic E-state index is 12.7. The molecule has 1 aliphatic heterocycles. The van der Waals surface area contributed by atoms with Crippen molar-refractivity contribution in [1.29, 1.82) is 0 Å². The maximum Gasteiger partial charge on any atom is 0.338 e. The molecule has 2 N–H and O–H groups in total. The lowest BCUT2D eigenvalue weighted by Gasteiger charge is -2.29. The van der Waals surface area contributed by atoms with Gasteiger partial charge in [-0.3, -0.25) is 0 Å². The number of esters is 1. The van der Waals surface area contributed by atoms with Crippen molar-refractivity contribution in [2.24, 2.45) is 5.92 Å². The molecule has 0 aliphatic carbocycles. The van der Waals surface area contributed by atoms with E-state index in [9.17, 15) is 9.59 Å². The molecule has 1 aromatic rings. The molecule has 1 unspecified atom stereocenters. The van der Waals surface area contributed by atoms with Crippen molar-refractivity contribution in [1.82, 2.24) is 10.6 Å². The fourth-order valence-electron chi connectivity index (χ4n) is 2.89. The van der Waals surface area contributed by atoms with E-state index in [0.29, 0.717) is 40.7 Å². The van der Waals surface area contributed by atoms with Crippen LogP contribution in [0.1, 0.15) is 39.3 Å². The van der Waals surface area contributed by atoms with Crippen molar-refractivity contribution in [2.45, 2.75) is 33.7 Å². The van der Waals surface area contributed by atoms with Crippen LogP contribution in [0.4, 0.5) is 4.79 Å². The molecule has 2 amide bonds. The number of amides is 2. The normalized spacial score (nSPS) is 16.4. The summed E-state index contributed by atoms with van der Waals surface area (Å²) in [7, 11) is 3.03. The van der Waals surface area contributed by atoms with Crippen molar-refractivity contribution < 1.29 is 28.5 Å². The molecule has 0 bridgehead atoms. The Morgan fingerprint density at radius 1 is 1.18 bits per heavy atom. The smallest absolute Gasteiger partial charge is 0.338 e. The molecule has 0 radical (unpaired) electrons. The van der Waals surface area contributed by atoms with Crippen LogP contribution in [0.25, 0.3) is 0 Å². The van der Waals surface area contributed by atoms with Gasteiger partial charge in [0.25, 0.3) is 0 Å². The summed E-state index contributed by atoms with van der Waals surface area (Å²) in [5.74, 6) is 1.05. The van der Waals surface area contributed by atoms with Gasteiger partial charge in [0.1, 0.15) is 0 Å². The predicted molar refractivity (Wildman–Crippen MR) is 104 cm³/mol. The topological polar surface area (TPSA) is 95.1 Å².